The lowest BCUT2D eigenvalue weighted by atomic mass is 9.93. The first kappa shape index (κ1) is 21.2. The van der Waals surface area contributed by atoms with Crippen LogP contribution in [-0.4, -0.2) is 39.9 Å². The Labute approximate surface area is 173 Å². The number of aromatic hydroxyl groups is 2. The molecule has 1 unspecified atom stereocenters. The Hall–Kier alpha value is -2.56. The minimum absolute atomic E-state index is 0.146. The zero-order valence-corrected chi connectivity index (χ0v) is 17.0. The van der Waals surface area contributed by atoms with Crippen LogP contribution in [0.1, 0.15) is 29.5 Å². The third kappa shape index (κ3) is 5.08. The molecule has 0 amide bonds. The average Bonchev–Trinajstić information content (AvgIpc) is 2.72. The summed E-state index contributed by atoms with van der Waals surface area (Å²) in [6, 6.07) is 9.41. The molecule has 1 atom stereocenters. The van der Waals surface area contributed by atoms with Crippen molar-refractivity contribution in [3.63, 3.8) is 0 Å². The molecule has 2 aromatic carbocycles. The summed E-state index contributed by atoms with van der Waals surface area (Å²) in [6.45, 7) is 10.2. The minimum Gasteiger partial charge on any atom is -0.507 e. The van der Waals surface area contributed by atoms with Gasteiger partial charge in [-0.1, -0.05) is 24.3 Å². The number of phenols is 2. The molecule has 4 heteroatoms. The zero-order valence-electron chi connectivity index (χ0n) is 17.0. The number of nitrogens with zero attached hydrogens (tertiary/aromatic N) is 1. The maximum absolute atomic E-state index is 11.1. The standard InChI is InChI=1S/C25H31NO3/c1-3-6-18-9-10-24(28)22(13-18)23-14-19(7-4-2)12-21(25(23)29)16-26-11-5-8-20(15-26)17-27/h3-4,9-10,12-14,20,27-29H,1-2,5-8,11,15-17H2. The summed E-state index contributed by atoms with van der Waals surface area (Å²) in [5.41, 5.74) is 4.18. The molecule has 1 aliphatic heterocycles. The highest BCUT2D eigenvalue weighted by molar-refractivity contribution is 5.78. The average molecular weight is 394 g/mol. The fraction of sp³-hybridized carbons (Fsp3) is 0.360. The van der Waals surface area contributed by atoms with Crippen LogP contribution in [0.3, 0.4) is 0 Å². The largest absolute Gasteiger partial charge is 0.507 e. The molecule has 0 saturated carbocycles. The van der Waals surface area contributed by atoms with E-state index in [9.17, 15) is 15.3 Å². The van der Waals surface area contributed by atoms with Gasteiger partial charge in [-0.3, -0.25) is 4.90 Å². The number of piperidine rings is 1. The van der Waals surface area contributed by atoms with Crippen molar-refractivity contribution in [2.75, 3.05) is 19.7 Å². The van der Waals surface area contributed by atoms with Gasteiger partial charge in [-0.25, -0.2) is 0 Å². The van der Waals surface area contributed by atoms with E-state index in [1.807, 2.05) is 36.4 Å². The van der Waals surface area contributed by atoms with E-state index in [4.69, 9.17) is 0 Å². The van der Waals surface area contributed by atoms with Crippen molar-refractivity contribution in [3.8, 4) is 22.6 Å². The molecule has 1 saturated heterocycles. The maximum Gasteiger partial charge on any atom is 0.128 e. The van der Waals surface area contributed by atoms with Gasteiger partial charge in [0.15, 0.2) is 0 Å². The predicted molar refractivity (Wildman–Crippen MR) is 118 cm³/mol. The van der Waals surface area contributed by atoms with Crippen LogP contribution in [0.25, 0.3) is 11.1 Å². The Balaban J connectivity index is 2.00. The number of benzene rings is 2. The summed E-state index contributed by atoms with van der Waals surface area (Å²) in [5.74, 6) is 0.643. The molecule has 0 aliphatic carbocycles. The summed E-state index contributed by atoms with van der Waals surface area (Å²) < 4.78 is 0. The molecular formula is C25H31NO3. The van der Waals surface area contributed by atoms with Gasteiger partial charge in [0.1, 0.15) is 11.5 Å². The minimum atomic E-state index is 0.146. The Morgan fingerprint density at radius 3 is 2.45 bits per heavy atom. The van der Waals surface area contributed by atoms with Gasteiger partial charge in [-0.05, 0) is 67.5 Å². The second-order valence-corrected chi connectivity index (χ2v) is 7.91. The van der Waals surface area contributed by atoms with E-state index in [1.165, 1.54) is 0 Å². The number of aliphatic hydroxyl groups excluding tert-OH is 1. The van der Waals surface area contributed by atoms with Gasteiger partial charge in [-0.2, -0.15) is 0 Å². The van der Waals surface area contributed by atoms with Gasteiger partial charge in [0, 0.05) is 36.4 Å². The second-order valence-electron chi connectivity index (χ2n) is 7.91. The SMILES string of the molecule is C=CCc1ccc(O)c(-c2cc(CC=C)cc(CN3CCCC(CO)C3)c2O)c1. The van der Waals surface area contributed by atoms with Crippen LogP contribution in [0.2, 0.25) is 0 Å². The maximum atomic E-state index is 11.1. The monoisotopic (exact) mass is 393 g/mol. The topological polar surface area (TPSA) is 63.9 Å². The lowest BCUT2D eigenvalue weighted by Gasteiger charge is -2.32. The van der Waals surface area contributed by atoms with Crippen molar-refractivity contribution < 1.29 is 15.3 Å². The first-order chi connectivity index (χ1) is 14.0. The predicted octanol–water partition coefficient (Wildman–Crippen LogP) is 4.43. The molecule has 2 aromatic rings. The van der Waals surface area contributed by atoms with Gasteiger partial charge >= 0.3 is 0 Å². The van der Waals surface area contributed by atoms with Crippen molar-refractivity contribution in [2.24, 2.45) is 5.92 Å². The molecule has 0 bridgehead atoms. The highest BCUT2D eigenvalue weighted by Crippen LogP contribution is 2.39. The van der Waals surface area contributed by atoms with Gasteiger partial charge in [-0.15, -0.1) is 13.2 Å². The fourth-order valence-corrected chi connectivity index (χ4v) is 4.15. The first-order valence-corrected chi connectivity index (χ1v) is 10.3. The number of allylic oxidation sites excluding steroid dienone is 2. The third-order valence-electron chi connectivity index (χ3n) is 5.62. The van der Waals surface area contributed by atoms with E-state index in [0.717, 1.165) is 42.6 Å². The fourth-order valence-electron chi connectivity index (χ4n) is 4.15. The van der Waals surface area contributed by atoms with Crippen LogP contribution in [0, 0.1) is 5.92 Å². The highest BCUT2D eigenvalue weighted by Gasteiger charge is 2.22. The molecule has 3 rings (SSSR count). The molecule has 4 nitrogen and oxygen atoms in total. The van der Waals surface area contributed by atoms with Crippen molar-refractivity contribution in [1.82, 2.24) is 4.90 Å². The Morgan fingerprint density at radius 2 is 1.72 bits per heavy atom. The van der Waals surface area contributed by atoms with Crippen LogP contribution in [0.5, 0.6) is 11.5 Å². The van der Waals surface area contributed by atoms with E-state index < -0.39 is 0 Å². The molecule has 29 heavy (non-hydrogen) atoms. The van der Waals surface area contributed by atoms with Crippen LogP contribution in [0.4, 0.5) is 0 Å². The molecular weight excluding hydrogens is 362 g/mol. The van der Waals surface area contributed by atoms with Crippen LogP contribution < -0.4 is 0 Å². The molecule has 0 radical (unpaired) electrons. The third-order valence-corrected chi connectivity index (χ3v) is 5.62. The van der Waals surface area contributed by atoms with E-state index >= 15 is 0 Å². The van der Waals surface area contributed by atoms with Gasteiger partial charge in [0.2, 0.25) is 0 Å². The van der Waals surface area contributed by atoms with Gasteiger partial charge in [0.05, 0.1) is 0 Å². The molecule has 3 N–H and O–H groups in total. The molecule has 0 aromatic heterocycles. The summed E-state index contributed by atoms with van der Waals surface area (Å²) in [4.78, 5) is 2.29. The summed E-state index contributed by atoms with van der Waals surface area (Å²) in [6.07, 6.45) is 7.15. The van der Waals surface area contributed by atoms with E-state index in [1.54, 1.807) is 6.07 Å². The lowest BCUT2D eigenvalue weighted by Crippen LogP contribution is -2.36. The highest BCUT2D eigenvalue weighted by atomic mass is 16.3. The second kappa shape index (κ2) is 9.77. The lowest BCUT2D eigenvalue weighted by molar-refractivity contribution is 0.115. The van der Waals surface area contributed by atoms with Crippen molar-refractivity contribution in [3.05, 3.63) is 72.3 Å². The van der Waals surface area contributed by atoms with E-state index in [2.05, 4.69) is 18.1 Å². The number of hydrogen-bond donors (Lipinski definition) is 3. The molecule has 0 spiro atoms. The van der Waals surface area contributed by atoms with Crippen LogP contribution >= 0.6 is 0 Å². The van der Waals surface area contributed by atoms with E-state index in [-0.39, 0.29) is 18.1 Å². The van der Waals surface area contributed by atoms with Crippen molar-refractivity contribution in [2.45, 2.75) is 32.2 Å². The summed E-state index contributed by atoms with van der Waals surface area (Å²) in [7, 11) is 0. The van der Waals surface area contributed by atoms with Gasteiger partial charge in [0.25, 0.3) is 0 Å². The van der Waals surface area contributed by atoms with Crippen molar-refractivity contribution >= 4 is 0 Å². The molecule has 1 fully saturated rings. The quantitative estimate of drug-likeness (QED) is 0.581. The number of likely N-dealkylation sites (tertiary alicyclic amines) is 1. The number of phenolic OH excluding ortho intramolecular Hbond substituents is 2. The zero-order chi connectivity index (χ0) is 20.8. The number of hydrogen-bond acceptors (Lipinski definition) is 4. The normalized spacial score (nSPS) is 17.2. The van der Waals surface area contributed by atoms with Crippen LogP contribution in [0.15, 0.2) is 55.6 Å². The molecule has 154 valence electrons. The van der Waals surface area contributed by atoms with Crippen LogP contribution in [-0.2, 0) is 19.4 Å². The smallest absolute Gasteiger partial charge is 0.128 e. The van der Waals surface area contributed by atoms with Gasteiger partial charge < -0.3 is 15.3 Å². The number of aliphatic hydroxyl groups is 1. The van der Waals surface area contributed by atoms with E-state index in [0.29, 0.717) is 36.4 Å². The molecule has 1 aliphatic rings. The number of rotatable bonds is 8. The Kier molecular flexibility index (Phi) is 7.13. The summed E-state index contributed by atoms with van der Waals surface area (Å²) >= 11 is 0. The molecule has 1 heterocycles. The first-order valence-electron chi connectivity index (χ1n) is 10.3. The Morgan fingerprint density at radius 1 is 1.00 bits per heavy atom. The summed E-state index contributed by atoms with van der Waals surface area (Å²) in [5, 5.41) is 31.1. The van der Waals surface area contributed by atoms with Crippen molar-refractivity contribution in [1.29, 1.82) is 0 Å². The Bertz CT molecular complexity index is 875.